The van der Waals surface area contributed by atoms with Crippen molar-refractivity contribution in [3.63, 3.8) is 0 Å². The van der Waals surface area contributed by atoms with E-state index in [0.29, 0.717) is 16.4 Å². The zero-order valence-electron chi connectivity index (χ0n) is 17.1. The molecule has 0 aliphatic carbocycles. The van der Waals surface area contributed by atoms with Crippen molar-refractivity contribution in [2.45, 2.75) is 18.7 Å². The van der Waals surface area contributed by atoms with Gasteiger partial charge in [0.15, 0.2) is 5.13 Å². The molecule has 156 valence electrons. The van der Waals surface area contributed by atoms with Gasteiger partial charge in [-0.1, -0.05) is 35.1 Å². The Kier molecular flexibility index (Phi) is 6.34. The van der Waals surface area contributed by atoms with Gasteiger partial charge < -0.3 is 10.6 Å². The van der Waals surface area contributed by atoms with E-state index in [1.165, 1.54) is 28.7 Å². The molecule has 0 aliphatic heterocycles. The van der Waals surface area contributed by atoms with Crippen LogP contribution in [0, 0.1) is 13.8 Å². The molecule has 2 N–H and O–H groups in total. The number of aryl methyl sites for hydroxylation is 2. The number of rotatable bonds is 6. The fourth-order valence-corrected chi connectivity index (χ4v) is 4.69. The van der Waals surface area contributed by atoms with Gasteiger partial charge in [0.05, 0.1) is 16.0 Å². The van der Waals surface area contributed by atoms with Gasteiger partial charge in [-0.2, -0.15) is 0 Å². The minimum Gasteiger partial charge on any atom is -0.322 e. The van der Waals surface area contributed by atoms with E-state index in [1.807, 2.05) is 68.4 Å². The van der Waals surface area contributed by atoms with Crippen LogP contribution >= 0.6 is 23.1 Å². The first-order valence-corrected chi connectivity index (χ1v) is 11.5. The van der Waals surface area contributed by atoms with Crippen molar-refractivity contribution in [2.24, 2.45) is 0 Å². The van der Waals surface area contributed by atoms with E-state index in [1.54, 1.807) is 6.07 Å². The topological polar surface area (TPSA) is 71.1 Å². The molecule has 5 nitrogen and oxygen atoms in total. The molecule has 0 radical (unpaired) electrons. The number of fused-ring (bicyclic) bond motifs is 1. The van der Waals surface area contributed by atoms with Gasteiger partial charge >= 0.3 is 0 Å². The summed E-state index contributed by atoms with van der Waals surface area (Å²) in [6, 6.07) is 21.0. The number of benzene rings is 3. The lowest BCUT2D eigenvalue weighted by molar-refractivity contribution is -0.113. The minimum atomic E-state index is -0.144. The maximum absolute atomic E-state index is 12.3. The highest BCUT2D eigenvalue weighted by Crippen LogP contribution is 2.27. The highest BCUT2D eigenvalue weighted by atomic mass is 32.2. The second-order valence-electron chi connectivity index (χ2n) is 7.18. The summed E-state index contributed by atoms with van der Waals surface area (Å²) >= 11 is 2.91. The van der Waals surface area contributed by atoms with Crippen molar-refractivity contribution in [1.82, 2.24) is 4.98 Å². The summed E-state index contributed by atoms with van der Waals surface area (Å²) in [6.07, 6.45) is 0. The quantitative estimate of drug-likeness (QED) is 0.361. The largest absolute Gasteiger partial charge is 0.322 e. The summed E-state index contributed by atoms with van der Waals surface area (Å²) in [7, 11) is 0. The molecule has 4 aromatic rings. The molecule has 0 spiro atoms. The van der Waals surface area contributed by atoms with Crippen LogP contribution in [0.3, 0.4) is 0 Å². The molecule has 0 bridgehead atoms. The second kappa shape index (κ2) is 9.32. The lowest BCUT2D eigenvalue weighted by Gasteiger charge is -2.07. The Labute approximate surface area is 188 Å². The highest BCUT2D eigenvalue weighted by Gasteiger charge is 2.10. The molecule has 0 saturated carbocycles. The first kappa shape index (κ1) is 21.1. The van der Waals surface area contributed by atoms with Crippen LogP contribution in [0.15, 0.2) is 71.6 Å². The van der Waals surface area contributed by atoms with Crippen molar-refractivity contribution in [3.05, 3.63) is 83.4 Å². The molecule has 1 aromatic heterocycles. The summed E-state index contributed by atoms with van der Waals surface area (Å²) in [5, 5.41) is 6.38. The van der Waals surface area contributed by atoms with E-state index >= 15 is 0 Å². The first-order chi connectivity index (χ1) is 15.0. The fourth-order valence-electron chi connectivity index (χ4n) is 3.01. The Morgan fingerprint density at radius 2 is 1.71 bits per heavy atom. The molecule has 4 rings (SSSR count). The number of thiazole rings is 1. The third kappa shape index (κ3) is 5.51. The van der Waals surface area contributed by atoms with E-state index in [0.717, 1.165) is 20.7 Å². The Morgan fingerprint density at radius 3 is 2.48 bits per heavy atom. The molecule has 0 unspecified atom stereocenters. The van der Waals surface area contributed by atoms with Crippen molar-refractivity contribution < 1.29 is 9.59 Å². The second-order valence-corrected chi connectivity index (χ2v) is 9.25. The number of hydrogen-bond acceptors (Lipinski definition) is 5. The summed E-state index contributed by atoms with van der Waals surface area (Å²) in [6.45, 7) is 3.99. The van der Waals surface area contributed by atoms with Crippen LogP contribution in [0.5, 0.6) is 0 Å². The number of thioether (sulfide) groups is 1. The van der Waals surface area contributed by atoms with E-state index in [9.17, 15) is 9.59 Å². The Bertz CT molecular complexity index is 1250. The van der Waals surface area contributed by atoms with Gasteiger partial charge in [-0.05, 0) is 67.9 Å². The van der Waals surface area contributed by atoms with E-state index < -0.39 is 0 Å². The maximum atomic E-state index is 12.3. The Morgan fingerprint density at radius 1 is 0.935 bits per heavy atom. The molecule has 31 heavy (non-hydrogen) atoms. The normalized spacial score (nSPS) is 10.8. The standard InChI is InChI=1S/C24H21N3O2S2/c1-15-4-3-5-17(12-15)23(29)25-18-7-9-19(10-8-18)30-14-22(28)27-24-26-20-11-6-16(2)13-21(20)31-24/h3-13H,14H2,1-2H3,(H,25,29)(H,26,27,28). The molecular weight excluding hydrogens is 426 g/mol. The van der Waals surface area contributed by atoms with E-state index in [-0.39, 0.29) is 17.6 Å². The molecule has 0 fully saturated rings. The van der Waals surface area contributed by atoms with Crippen LogP contribution in [0.2, 0.25) is 0 Å². The third-order valence-corrected chi connectivity index (χ3v) is 6.50. The molecule has 0 aliphatic rings. The molecular formula is C24H21N3O2S2. The molecule has 2 amide bonds. The van der Waals surface area contributed by atoms with Crippen molar-refractivity contribution in [1.29, 1.82) is 0 Å². The van der Waals surface area contributed by atoms with Gasteiger partial charge in [0.2, 0.25) is 5.91 Å². The van der Waals surface area contributed by atoms with Gasteiger partial charge in [-0.25, -0.2) is 4.98 Å². The third-order valence-electron chi connectivity index (χ3n) is 4.55. The van der Waals surface area contributed by atoms with Crippen LogP contribution in [0.25, 0.3) is 10.2 Å². The lowest BCUT2D eigenvalue weighted by Crippen LogP contribution is -2.13. The number of carbonyl (C=O) groups is 2. The average Bonchev–Trinajstić information content (AvgIpc) is 3.14. The van der Waals surface area contributed by atoms with Gasteiger partial charge in [-0.3, -0.25) is 9.59 Å². The molecule has 1 heterocycles. The van der Waals surface area contributed by atoms with Crippen LogP contribution in [-0.2, 0) is 4.79 Å². The molecule has 0 atom stereocenters. The summed E-state index contributed by atoms with van der Waals surface area (Å²) < 4.78 is 1.06. The van der Waals surface area contributed by atoms with E-state index in [2.05, 4.69) is 21.7 Å². The Hall–Kier alpha value is -3.16. The maximum Gasteiger partial charge on any atom is 0.255 e. The number of nitrogens with one attached hydrogen (secondary N) is 2. The predicted molar refractivity (Wildman–Crippen MR) is 129 cm³/mol. The summed E-state index contributed by atoms with van der Waals surface area (Å²) in [5.41, 5.74) is 4.44. The number of carbonyl (C=O) groups excluding carboxylic acids is 2. The smallest absolute Gasteiger partial charge is 0.255 e. The fraction of sp³-hybridized carbons (Fsp3) is 0.125. The first-order valence-electron chi connectivity index (χ1n) is 9.74. The van der Waals surface area contributed by atoms with Crippen molar-refractivity contribution in [3.8, 4) is 0 Å². The molecule has 7 heteroatoms. The van der Waals surface area contributed by atoms with Crippen molar-refractivity contribution >= 4 is 55.9 Å². The van der Waals surface area contributed by atoms with Crippen LogP contribution in [-0.4, -0.2) is 22.6 Å². The van der Waals surface area contributed by atoms with Gasteiger partial charge in [0.25, 0.3) is 5.91 Å². The molecule has 0 saturated heterocycles. The molecule has 3 aromatic carbocycles. The predicted octanol–water partition coefficient (Wildman–Crippen LogP) is 5.90. The lowest BCUT2D eigenvalue weighted by atomic mass is 10.1. The zero-order valence-corrected chi connectivity index (χ0v) is 18.8. The van der Waals surface area contributed by atoms with Gasteiger partial charge in [0.1, 0.15) is 0 Å². The van der Waals surface area contributed by atoms with Crippen LogP contribution in [0.4, 0.5) is 10.8 Å². The number of amides is 2. The van der Waals surface area contributed by atoms with Crippen LogP contribution in [0.1, 0.15) is 21.5 Å². The minimum absolute atomic E-state index is 0.0994. The van der Waals surface area contributed by atoms with E-state index in [4.69, 9.17) is 0 Å². The Balaban J connectivity index is 1.30. The summed E-state index contributed by atoms with van der Waals surface area (Å²) in [4.78, 5) is 30.1. The number of nitrogens with zero attached hydrogens (tertiary/aromatic N) is 1. The van der Waals surface area contributed by atoms with Gasteiger partial charge in [0, 0.05) is 16.1 Å². The average molecular weight is 448 g/mol. The van der Waals surface area contributed by atoms with Crippen molar-refractivity contribution in [2.75, 3.05) is 16.4 Å². The summed E-state index contributed by atoms with van der Waals surface area (Å²) in [5.74, 6) is 0.0383. The van der Waals surface area contributed by atoms with Gasteiger partial charge in [-0.15, -0.1) is 11.8 Å². The number of aromatic nitrogens is 1. The monoisotopic (exact) mass is 447 g/mol. The zero-order chi connectivity index (χ0) is 21.8. The number of anilines is 2. The number of hydrogen-bond donors (Lipinski definition) is 2. The van der Waals surface area contributed by atoms with Crippen LogP contribution < -0.4 is 10.6 Å². The highest BCUT2D eigenvalue weighted by molar-refractivity contribution is 8.00. The SMILES string of the molecule is Cc1cccc(C(=O)Nc2ccc(SCC(=O)Nc3nc4ccc(C)cc4s3)cc2)c1.